The Kier molecular flexibility index (Phi) is 15.8. The average Bonchev–Trinajstić information content (AvgIpc) is 2.41. The maximum absolute atomic E-state index is 6.03. The molecule has 0 bridgehead atoms. The molecular formula is C15H36N4. The molecular weight excluding hydrogens is 236 g/mol. The molecule has 7 N–H and O–H groups in total. The molecule has 1 atom stereocenters. The summed E-state index contributed by atoms with van der Waals surface area (Å²) in [6, 6.07) is 0. The van der Waals surface area contributed by atoms with Crippen LogP contribution < -0.4 is 22.5 Å². The van der Waals surface area contributed by atoms with Crippen molar-refractivity contribution in [3.8, 4) is 0 Å². The van der Waals surface area contributed by atoms with E-state index in [9.17, 15) is 0 Å². The first-order valence-electron chi connectivity index (χ1n) is 8.20. The maximum Gasteiger partial charge on any atom is 0.0546 e. The van der Waals surface area contributed by atoms with Gasteiger partial charge in [-0.2, -0.15) is 0 Å². The molecule has 4 heteroatoms. The van der Waals surface area contributed by atoms with E-state index in [1.165, 1.54) is 57.8 Å². The quantitative estimate of drug-likeness (QED) is 0.271. The summed E-state index contributed by atoms with van der Waals surface area (Å²) in [5.74, 6) is 0. The van der Waals surface area contributed by atoms with Crippen molar-refractivity contribution in [1.82, 2.24) is 5.32 Å². The zero-order valence-electron chi connectivity index (χ0n) is 12.7. The van der Waals surface area contributed by atoms with E-state index >= 15 is 0 Å². The first kappa shape index (κ1) is 18.8. The number of unbranched alkanes of at least 4 members (excludes halogenated alkanes) is 8. The van der Waals surface area contributed by atoms with Gasteiger partial charge < -0.3 is 22.5 Å². The first-order chi connectivity index (χ1) is 9.31. The fourth-order valence-electron chi connectivity index (χ4n) is 2.23. The van der Waals surface area contributed by atoms with Crippen LogP contribution in [0.5, 0.6) is 0 Å². The lowest BCUT2D eigenvalue weighted by Gasteiger charge is -2.13. The summed E-state index contributed by atoms with van der Waals surface area (Å²) in [5, 5.41) is 3.40. The fourth-order valence-corrected chi connectivity index (χ4v) is 2.23. The molecule has 0 saturated heterocycles. The molecule has 19 heavy (non-hydrogen) atoms. The third-order valence-electron chi connectivity index (χ3n) is 3.51. The lowest BCUT2D eigenvalue weighted by Crippen LogP contribution is -2.37. The molecule has 116 valence electrons. The predicted octanol–water partition coefficient (Wildman–Crippen LogP) is 2.07. The monoisotopic (exact) mass is 272 g/mol. The Morgan fingerprint density at radius 1 is 0.632 bits per heavy atom. The van der Waals surface area contributed by atoms with Crippen molar-refractivity contribution in [3.05, 3.63) is 0 Å². The summed E-state index contributed by atoms with van der Waals surface area (Å²) in [7, 11) is 0. The highest BCUT2D eigenvalue weighted by Crippen LogP contribution is 2.07. The molecule has 0 amide bonds. The van der Waals surface area contributed by atoms with Crippen LogP contribution in [-0.4, -0.2) is 25.8 Å². The van der Waals surface area contributed by atoms with E-state index in [-0.39, 0.29) is 6.17 Å². The molecule has 0 aliphatic rings. The summed E-state index contributed by atoms with van der Waals surface area (Å²) in [6.45, 7) is 2.69. The zero-order chi connectivity index (χ0) is 14.2. The molecule has 0 heterocycles. The van der Waals surface area contributed by atoms with Gasteiger partial charge in [-0.05, 0) is 45.3 Å². The van der Waals surface area contributed by atoms with Crippen LogP contribution in [0.4, 0.5) is 0 Å². The lowest BCUT2D eigenvalue weighted by atomic mass is 10.1. The van der Waals surface area contributed by atoms with Crippen LogP contribution in [0.25, 0.3) is 0 Å². The number of hydrogen-bond acceptors (Lipinski definition) is 4. The van der Waals surface area contributed by atoms with Gasteiger partial charge in [0.25, 0.3) is 0 Å². The Bertz CT molecular complexity index is 164. The highest BCUT2D eigenvalue weighted by atomic mass is 15.0. The van der Waals surface area contributed by atoms with Crippen molar-refractivity contribution in [2.45, 2.75) is 76.8 Å². The van der Waals surface area contributed by atoms with Gasteiger partial charge >= 0.3 is 0 Å². The highest BCUT2D eigenvalue weighted by molar-refractivity contribution is 4.59. The Balaban J connectivity index is 3.10. The molecule has 0 spiro atoms. The van der Waals surface area contributed by atoms with Crippen LogP contribution >= 0.6 is 0 Å². The maximum atomic E-state index is 6.03. The van der Waals surface area contributed by atoms with Gasteiger partial charge in [0.1, 0.15) is 0 Å². The second kappa shape index (κ2) is 15.9. The number of rotatable bonds is 15. The summed E-state index contributed by atoms with van der Waals surface area (Å²) in [5.41, 5.74) is 16.9. The van der Waals surface area contributed by atoms with Crippen molar-refractivity contribution < 1.29 is 0 Å². The Labute approximate surface area is 119 Å². The minimum atomic E-state index is 0.179. The molecule has 0 aliphatic heterocycles. The van der Waals surface area contributed by atoms with Gasteiger partial charge in [-0.3, -0.25) is 0 Å². The molecule has 4 nitrogen and oxygen atoms in total. The normalized spacial score (nSPS) is 12.8. The van der Waals surface area contributed by atoms with Crippen molar-refractivity contribution in [3.63, 3.8) is 0 Å². The van der Waals surface area contributed by atoms with E-state index in [0.717, 1.165) is 32.5 Å². The Morgan fingerprint density at radius 3 is 1.68 bits per heavy atom. The van der Waals surface area contributed by atoms with E-state index in [1.54, 1.807) is 0 Å². The standard InChI is InChI=1S/C15H36N4/c16-12-8-4-2-1-3-7-11-15(18)19-14-10-6-5-9-13-17/h15,19H,1-14,16-18H2. The second-order valence-corrected chi connectivity index (χ2v) is 5.46. The van der Waals surface area contributed by atoms with Crippen LogP contribution in [0, 0.1) is 0 Å². The van der Waals surface area contributed by atoms with Crippen molar-refractivity contribution in [2.75, 3.05) is 19.6 Å². The van der Waals surface area contributed by atoms with Crippen molar-refractivity contribution in [1.29, 1.82) is 0 Å². The lowest BCUT2D eigenvalue weighted by molar-refractivity contribution is 0.453. The summed E-state index contributed by atoms with van der Waals surface area (Å²) >= 11 is 0. The van der Waals surface area contributed by atoms with Crippen molar-refractivity contribution >= 4 is 0 Å². The summed E-state index contributed by atoms with van der Waals surface area (Å²) in [6.07, 6.45) is 13.8. The van der Waals surface area contributed by atoms with E-state index in [0.29, 0.717) is 0 Å². The summed E-state index contributed by atoms with van der Waals surface area (Å²) < 4.78 is 0. The van der Waals surface area contributed by atoms with Crippen LogP contribution in [0.1, 0.15) is 70.6 Å². The third-order valence-corrected chi connectivity index (χ3v) is 3.51. The minimum absolute atomic E-state index is 0.179. The number of hydrogen-bond donors (Lipinski definition) is 4. The molecule has 0 saturated carbocycles. The van der Waals surface area contributed by atoms with Crippen LogP contribution in [0.15, 0.2) is 0 Å². The molecule has 0 aromatic heterocycles. The topological polar surface area (TPSA) is 90.1 Å². The SMILES string of the molecule is NCCCCCCCCC(N)NCCCCCCN. The average molecular weight is 272 g/mol. The van der Waals surface area contributed by atoms with Gasteiger partial charge in [-0.15, -0.1) is 0 Å². The van der Waals surface area contributed by atoms with Crippen LogP contribution in [0.3, 0.4) is 0 Å². The largest absolute Gasteiger partial charge is 0.330 e. The van der Waals surface area contributed by atoms with E-state index in [1.807, 2.05) is 0 Å². The Hall–Kier alpha value is -0.160. The first-order valence-corrected chi connectivity index (χ1v) is 8.20. The van der Waals surface area contributed by atoms with Crippen LogP contribution in [-0.2, 0) is 0 Å². The van der Waals surface area contributed by atoms with E-state index < -0.39 is 0 Å². The molecule has 0 aliphatic carbocycles. The fraction of sp³-hybridized carbons (Fsp3) is 1.00. The highest BCUT2D eigenvalue weighted by Gasteiger charge is 2.00. The van der Waals surface area contributed by atoms with E-state index in [2.05, 4.69) is 5.32 Å². The molecule has 0 fully saturated rings. The van der Waals surface area contributed by atoms with Crippen LogP contribution in [0.2, 0.25) is 0 Å². The van der Waals surface area contributed by atoms with Gasteiger partial charge in [0.2, 0.25) is 0 Å². The van der Waals surface area contributed by atoms with Gasteiger partial charge in [0, 0.05) is 0 Å². The number of nitrogens with two attached hydrogens (primary N) is 3. The van der Waals surface area contributed by atoms with E-state index in [4.69, 9.17) is 17.2 Å². The van der Waals surface area contributed by atoms with Gasteiger partial charge in [-0.1, -0.05) is 44.9 Å². The molecule has 0 radical (unpaired) electrons. The van der Waals surface area contributed by atoms with Gasteiger partial charge in [0.15, 0.2) is 0 Å². The third kappa shape index (κ3) is 15.8. The molecule has 0 aromatic rings. The van der Waals surface area contributed by atoms with Crippen molar-refractivity contribution in [2.24, 2.45) is 17.2 Å². The summed E-state index contributed by atoms with van der Waals surface area (Å²) in [4.78, 5) is 0. The van der Waals surface area contributed by atoms with Gasteiger partial charge in [0.05, 0.1) is 6.17 Å². The molecule has 0 rings (SSSR count). The minimum Gasteiger partial charge on any atom is -0.330 e. The molecule has 0 aromatic carbocycles. The smallest absolute Gasteiger partial charge is 0.0546 e. The zero-order valence-corrected chi connectivity index (χ0v) is 12.7. The molecule has 1 unspecified atom stereocenters. The second-order valence-electron chi connectivity index (χ2n) is 5.46. The predicted molar refractivity (Wildman–Crippen MR) is 84.9 cm³/mol. The van der Waals surface area contributed by atoms with Gasteiger partial charge in [-0.25, -0.2) is 0 Å². The number of nitrogens with one attached hydrogen (secondary N) is 1. The Morgan fingerprint density at radius 2 is 1.11 bits per heavy atom.